The molecule has 0 spiro atoms. The minimum atomic E-state index is -3.98. The van der Waals surface area contributed by atoms with E-state index in [0.717, 1.165) is 16.1 Å². The fourth-order valence-electron chi connectivity index (χ4n) is 1.94. The third-order valence-electron chi connectivity index (χ3n) is 3.02. The Kier molecular flexibility index (Phi) is 3.99. The zero-order valence-corrected chi connectivity index (χ0v) is 12.0. The van der Waals surface area contributed by atoms with Gasteiger partial charge in [-0.1, -0.05) is 17.7 Å². The van der Waals surface area contributed by atoms with Crippen molar-refractivity contribution in [2.75, 3.05) is 0 Å². The Morgan fingerprint density at radius 3 is 2.52 bits per heavy atom. The van der Waals surface area contributed by atoms with E-state index in [1.807, 2.05) is 6.92 Å². The molecule has 1 aliphatic rings. The minimum Gasteiger partial charge on any atom is -0.481 e. The lowest BCUT2D eigenvalue weighted by Crippen LogP contribution is -2.49. The van der Waals surface area contributed by atoms with E-state index in [-0.39, 0.29) is 4.90 Å². The number of nitrogens with zero attached hydrogens (tertiary/aromatic N) is 1. The number of carbonyl (C=O) groups excluding carboxylic acids is 1. The fourth-order valence-corrected chi connectivity index (χ4v) is 3.39. The lowest BCUT2D eigenvalue weighted by atomic mass is 10.2. The van der Waals surface area contributed by atoms with Gasteiger partial charge in [-0.05, 0) is 19.1 Å². The number of hydrogen-bond acceptors (Lipinski definition) is 4. The van der Waals surface area contributed by atoms with Gasteiger partial charge in [-0.15, -0.1) is 0 Å². The molecule has 8 heteroatoms. The predicted molar refractivity (Wildman–Crippen MR) is 73.5 cm³/mol. The highest BCUT2D eigenvalue weighted by molar-refractivity contribution is 7.89. The van der Waals surface area contributed by atoms with Crippen molar-refractivity contribution in [1.29, 1.82) is 0 Å². The molecule has 112 valence electrons. The summed E-state index contributed by atoms with van der Waals surface area (Å²) in [5, 5.41) is 11.2. The van der Waals surface area contributed by atoms with Crippen LogP contribution in [0.15, 0.2) is 41.6 Å². The van der Waals surface area contributed by atoms with Crippen molar-refractivity contribution < 1.29 is 23.1 Å². The van der Waals surface area contributed by atoms with Crippen molar-refractivity contribution in [3.63, 3.8) is 0 Å². The Labute approximate surface area is 121 Å². The number of rotatable bonds is 4. The van der Waals surface area contributed by atoms with E-state index in [9.17, 15) is 18.0 Å². The van der Waals surface area contributed by atoms with E-state index in [2.05, 4.69) is 5.32 Å². The molecule has 1 aromatic carbocycles. The molecule has 21 heavy (non-hydrogen) atoms. The van der Waals surface area contributed by atoms with Crippen LogP contribution in [0.5, 0.6) is 0 Å². The molecule has 0 aromatic heterocycles. The van der Waals surface area contributed by atoms with Crippen molar-refractivity contribution in [2.24, 2.45) is 0 Å². The molecule has 2 N–H and O–H groups in total. The fraction of sp³-hybridized carbons (Fsp3) is 0.231. The maximum atomic E-state index is 12.5. The number of sulfonamides is 1. The Bertz CT molecular complexity index is 694. The van der Waals surface area contributed by atoms with Gasteiger partial charge >= 0.3 is 5.97 Å². The molecule has 0 radical (unpaired) electrons. The van der Waals surface area contributed by atoms with Crippen molar-refractivity contribution in [3.8, 4) is 0 Å². The first-order valence-electron chi connectivity index (χ1n) is 6.11. The van der Waals surface area contributed by atoms with Gasteiger partial charge < -0.3 is 10.4 Å². The first-order chi connectivity index (χ1) is 9.82. The van der Waals surface area contributed by atoms with E-state index >= 15 is 0 Å². The van der Waals surface area contributed by atoms with Gasteiger partial charge in [-0.2, -0.15) is 0 Å². The molecule has 1 aromatic rings. The average molecular weight is 310 g/mol. The number of aliphatic carboxylic acids is 1. The molecule has 7 nitrogen and oxygen atoms in total. The van der Waals surface area contributed by atoms with Crippen LogP contribution in [0, 0.1) is 6.92 Å². The lowest BCUT2D eigenvalue weighted by Gasteiger charge is -2.30. The molecule has 0 aliphatic carbocycles. The SMILES string of the molecule is Cc1ccc(S(=O)(=O)N2C=CNC(=O)[C@@H]2CC(=O)O)cc1. The number of carbonyl (C=O) groups is 2. The standard InChI is InChI=1S/C13H14N2O5S/c1-9-2-4-10(5-3-9)21(19,20)15-7-6-14-13(18)11(15)8-12(16)17/h2-7,11H,8H2,1H3,(H,14,18)(H,16,17)/t11-/m0/s1. The quantitative estimate of drug-likeness (QED) is 0.839. The van der Waals surface area contributed by atoms with Crippen LogP contribution in [0.25, 0.3) is 0 Å². The van der Waals surface area contributed by atoms with Gasteiger partial charge in [-0.25, -0.2) is 8.42 Å². The molecule has 1 aliphatic heterocycles. The van der Waals surface area contributed by atoms with Crippen LogP contribution in [-0.2, 0) is 19.6 Å². The number of aryl methyl sites for hydroxylation is 1. The van der Waals surface area contributed by atoms with Gasteiger partial charge in [0, 0.05) is 12.4 Å². The third-order valence-corrected chi connectivity index (χ3v) is 4.82. The van der Waals surface area contributed by atoms with Crippen LogP contribution in [0.2, 0.25) is 0 Å². The molecular formula is C13H14N2O5S. The van der Waals surface area contributed by atoms with Crippen molar-refractivity contribution in [3.05, 3.63) is 42.2 Å². The van der Waals surface area contributed by atoms with Crippen LogP contribution in [-0.4, -0.2) is 35.7 Å². The van der Waals surface area contributed by atoms with Crippen LogP contribution < -0.4 is 5.32 Å². The Balaban J connectivity index is 2.43. The highest BCUT2D eigenvalue weighted by atomic mass is 32.2. The number of hydrogen-bond donors (Lipinski definition) is 2. The summed E-state index contributed by atoms with van der Waals surface area (Å²) in [5.41, 5.74) is 0.892. The first kappa shape index (κ1) is 15.0. The monoisotopic (exact) mass is 310 g/mol. The van der Waals surface area contributed by atoms with Gasteiger partial charge in [0.05, 0.1) is 11.3 Å². The second kappa shape index (κ2) is 5.57. The molecule has 1 amide bonds. The van der Waals surface area contributed by atoms with Gasteiger partial charge in [0.15, 0.2) is 0 Å². The van der Waals surface area contributed by atoms with E-state index in [1.165, 1.54) is 18.3 Å². The molecule has 0 fully saturated rings. The topological polar surface area (TPSA) is 104 Å². The number of carboxylic acids is 1. The smallest absolute Gasteiger partial charge is 0.306 e. The first-order valence-corrected chi connectivity index (χ1v) is 7.55. The summed E-state index contributed by atoms with van der Waals surface area (Å²) in [5.74, 6) is -1.93. The highest BCUT2D eigenvalue weighted by Crippen LogP contribution is 2.22. The highest BCUT2D eigenvalue weighted by Gasteiger charge is 2.36. The van der Waals surface area contributed by atoms with Crippen molar-refractivity contribution in [2.45, 2.75) is 24.3 Å². The average Bonchev–Trinajstić information content (AvgIpc) is 2.41. The third kappa shape index (κ3) is 3.05. The molecule has 1 atom stereocenters. The molecule has 0 saturated carbocycles. The number of amides is 1. The largest absolute Gasteiger partial charge is 0.481 e. The predicted octanol–water partition coefficient (Wildman–Crippen LogP) is 0.430. The summed E-state index contributed by atoms with van der Waals surface area (Å²) in [6, 6.07) is 4.80. The van der Waals surface area contributed by atoms with Crippen molar-refractivity contribution >= 4 is 21.9 Å². The van der Waals surface area contributed by atoms with E-state index in [0.29, 0.717) is 0 Å². The maximum absolute atomic E-state index is 12.5. The Morgan fingerprint density at radius 2 is 1.95 bits per heavy atom. The van der Waals surface area contributed by atoms with E-state index in [1.54, 1.807) is 12.1 Å². The summed E-state index contributed by atoms with van der Waals surface area (Å²) >= 11 is 0. The summed E-state index contributed by atoms with van der Waals surface area (Å²) in [6.45, 7) is 1.82. The lowest BCUT2D eigenvalue weighted by molar-refractivity contribution is -0.140. The zero-order chi connectivity index (χ0) is 15.6. The summed E-state index contributed by atoms with van der Waals surface area (Å²) in [4.78, 5) is 22.6. The molecule has 0 unspecified atom stereocenters. The second-order valence-corrected chi connectivity index (χ2v) is 6.43. The van der Waals surface area contributed by atoms with Crippen LogP contribution in [0.3, 0.4) is 0 Å². The minimum absolute atomic E-state index is 0.00263. The second-order valence-electron chi connectivity index (χ2n) is 4.59. The summed E-state index contributed by atoms with van der Waals surface area (Å²) in [7, 11) is -3.98. The number of nitrogens with one attached hydrogen (secondary N) is 1. The molecule has 1 heterocycles. The normalized spacial score (nSPS) is 18.4. The molecule has 2 rings (SSSR count). The Hall–Kier alpha value is -2.35. The molecular weight excluding hydrogens is 296 g/mol. The van der Waals surface area contributed by atoms with Crippen LogP contribution in [0.1, 0.15) is 12.0 Å². The summed E-state index contributed by atoms with van der Waals surface area (Å²) < 4.78 is 25.9. The summed E-state index contributed by atoms with van der Waals surface area (Å²) in [6.07, 6.45) is 1.72. The van der Waals surface area contributed by atoms with E-state index in [4.69, 9.17) is 5.11 Å². The van der Waals surface area contributed by atoms with Gasteiger partial charge in [0.1, 0.15) is 6.04 Å². The van der Waals surface area contributed by atoms with Crippen LogP contribution in [0.4, 0.5) is 0 Å². The Morgan fingerprint density at radius 1 is 1.33 bits per heavy atom. The maximum Gasteiger partial charge on any atom is 0.306 e. The van der Waals surface area contributed by atoms with Gasteiger partial charge in [0.2, 0.25) is 5.91 Å². The van der Waals surface area contributed by atoms with Gasteiger partial charge in [0.25, 0.3) is 10.0 Å². The zero-order valence-electron chi connectivity index (χ0n) is 11.2. The number of benzene rings is 1. The van der Waals surface area contributed by atoms with Crippen molar-refractivity contribution in [1.82, 2.24) is 9.62 Å². The van der Waals surface area contributed by atoms with E-state index < -0.39 is 34.4 Å². The molecule has 0 bridgehead atoms. The van der Waals surface area contributed by atoms with Gasteiger partial charge in [-0.3, -0.25) is 13.9 Å². The van der Waals surface area contributed by atoms with Crippen LogP contribution >= 0.6 is 0 Å². The number of carboxylic acid groups (broad SMARTS) is 1. The molecule has 0 saturated heterocycles.